The Morgan fingerprint density at radius 1 is 1.29 bits per heavy atom. The molecule has 1 atom stereocenters. The zero-order valence-electron chi connectivity index (χ0n) is 12.1. The summed E-state index contributed by atoms with van der Waals surface area (Å²) in [5.41, 5.74) is 1.67. The SMILES string of the molecule is CC(CN(C)C(=O)Cc1cccc2cccnc12)C(=O)O. The van der Waals surface area contributed by atoms with Crippen molar-refractivity contribution in [3.63, 3.8) is 0 Å². The molecule has 1 amide bonds. The van der Waals surface area contributed by atoms with Gasteiger partial charge in [0.05, 0.1) is 17.9 Å². The number of rotatable bonds is 5. The molecule has 0 aliphatic carbocycles. The quantitative estimate of drug-likeness (QED) is 0.912. The largest absolute Gasteiger partial charge is 0.481 e. The Morgan fingerprint density at radius 3 is 2.71 bits per heavy atom. The lowest BCUT2D eigenvalue weighted by molar-refractivity contribution is -0.142. The number of aliphatic carboxylic acids is 1. The summed E-state index contributed by atoms with van der Waals surface area (Å²) in [6, 6.07) is 9.53. The molecule has 1 N–H and O–H groups in total. The summed E-state index contributed by atoms with van der Waals surface area (Å²) in [5, 5.41) is 9.89. The number of para-hydroxylation sites is 1. The third-order valence-electron chi connectivity index (χ3n) is 3.45. The summed E-state index contributed by atoms with van der Waals surface area (Å²) >= 11 is 0. The van der Waals surface area contributed by atoms with E-state index in [1.165, 1.54) is 4.90 Å². The number of carboxylic acid groups (broad SMARTS) is 1. The molecule has 0 spiro atoms. The zero-order chi connectivity index (χ0) is 15.4. The molecule has 21 heavy (non-hydrogen) atoms. The summed E-state index contributed by atoms with van der Waals surface area (Å²) in [7, 11) is 1.63. The van der Waals surface area contributed by atoms with Gasteiger partial charge < -0.3 is 10.0 Å². The van der Waals surface area contributed by atoms with Crippen LogP contribution < -0.4 is 0 Å². The van der Waals surface area contributed by atoms with Gasteiger partial charge in [-0.15, -0.1) is 0 Å². The second-order valence-electron chi connectivity index (χ2n) is 5.18. The molecule has 5 heteroatoms. The van der Waals surface area contributed by atoms with E-state index >= 15 is 0 Å². The number of carboxylic acids is 1. The first kappa shape index (κ1) is 15.0. The van der Waals surface area contributed by atoms with Gasteiger partial charge in [0.1, 0.15) is 0 Å². The van der Waals surface area contributed by atoms with Gasteiger partial charge in [0.25, 0.3) is 0 Å². The van der Waals surface area contributed by atoms with Crippen molar-refractivity contribution in [1.82, 2.24) is 9.88 Å². The number of amides is 1. The number of nitrogens with zero attached hydrogens (tertiary/aromatic N) is 2. The molecule has 1 unspecified atom stereocenters. The van der Waals surface area contributed by atoms with Gasteiger partial charge in [-0.3, -0.25) is 14.6 Å². The van der Waals surface area contributed by atoms with Gasteiger partial charge in [-0.05, 0) is 11.6 Å². The molecule has 110 valence electrons. The van der Waals surface area contributed by atoms with Crippen molar-refractivity contribution in [2.45, 2.75) is 13.3 Å². The van der Waals surface area contributed by atoms with Crippen molar-refractivity contribution in [2.24, 2.45) is 5.92 Å². The molecule has 0 aliphatic heterocycles. The van der Waals surface area contributed by atoms with Crippen LogP contribution in [0.25, 0.3) is 10.9 Å². The number of carbonyl (C=O) groups excluding carboxylic acids is 1. The van der Waals surface area contributed by atoms with Gasteiger partial charge in [-0.25, -0.2) is 0 Å². The Kier molecular flexibility index (Phi) is 4.52. The molecule has 0 saturated heterocycles. The Morgan fingerprint density at radius 2 is 2.00 bits per heavy atom. The highest BCUT2D eigenvalue weighted by molar-refractivity contribution is 5.87. The Balaban J connectivity index is 2.13. The second kappa shape index (κ2) is 6.35. The molecule has 1 aromatic carbocycles. The van der Waals surface area contributed by atoms with Crippen molar-refractivity contribution in [1.29, 1.82) is 0 Å². The summed E-state index contributed by atoms with van der Waals surface area (Å²) in [4.78, 5) is 28.8. The molecule has 1 heterocycles. The number of hydrogen-bond donors (Lipinski definition) is 1. The van der Waals surface area contributed by atoms with E-state index < -0.39 is 11.9 Å². The first-order chi connectivity index (χ1) is 9.99. The fourth-order valence-electron chi connectivity index (χ4n) is 2.20. The normalized spacial score (nSPS) is 12.1. The average Bonchev–Trinajstić information content (AvgIpc) is 2.47. The minimum atomic E-state index is -0.901. The number of hydrogen-bond acceptors (Lipinski definition) is 3. The van der Waals surface area contributed by atoms with Crippen LogP contribution in [0.1, 0.15) is 12.5 Å². The molecule has 2 aromatic rings. The standard InChI is InChI=1S/C16H18N2O3/c1-11(16(20)21)10-18(2)14(19)9-13-6-3-5-12-7-4-8-17-15(12)13/h3-8,11H,9-10H2,1-2H3,(H,20,21). The predicted octanol–water partition coefficient (Wildman–Crippen LogP) is 1.96. The highest BCUT2D eigenvalue weighted by atomic mass is 16.4. The van der Waals surface area contributed by atoms with E-state index in [0.717, 1.165) is 16.5 Å². The van der Waals surface area contributed by atoms with E-state index in [9.17, 15) is 9.59 Å². The van der Waals surface area contributed by atoms with Gasteiger partial charge >= 0.3 is 5.97 Å². The third-order valence-corrected chi connectivity index (χ3v) is 3.45. The van der Waals surface area contributed by atoms with E-state index in [1.54, 1.807) is 20.2 Å². The summed E-state index contributed by atoms with van der Waals surface area (Å²) in [5.74, 6) is -1.59. The van der Waals surface area contributed by atoms with Gasteiger partial charge in [-0.2, -0.15) is 0 Å². The van der Waals surface area contributed by atoms with Crippen LogP contribution >= 0.6 is 0 Å². The van der Waals surface area contributed by atoms with E-state index in [1.807, 2.05) is 30.3 Å². The first-order valence-corrected chi connectivity index (χ1v) is 6.78. The number of carbonyl (C=O) groups is 2. The van der Waals surface area contributed by atoms with Crippen molar-refractivity contribution in [2.75, 3.05) is 13.6 Å². The molecular formula is C16H18N2O3. The van der Waals surface area contributed by atoms with E-state index in [4.69, 9.17) is 5.11 Å². The second-order valence-corrected chi connectivity index (χ2v) is 5.18. The molecule has 2 rings (SSSR count). The minimum absolute atomic E-state index is 0.110. The predicted molar refractivity (Wildman–Crippen MR) is 79.9 cm³/mol. The Bertz CT molecular complexity index is 664. The highest BCUT2D eigenvalue weighted by Gasteiger charge is 2.18. The monoisotopic (exact) mass is 286 g/mol. The topological polar surface area (TPSA) is 70.5 Å². The number of likely N-dealkylation sites (N-methyl/N-ethyl adjacent to an activating group) is 1. The lowest BCUT2D eigenvalue weighted by atomic mass is 10.1. The molecule has 0 saturated carbocycles. The van der Waals surface area contributed by atoms with Crippen molar-refractivity contribution in [3.05, 3.63) is 42.1 Å². The Labute approximate surface area is 123 Å². The third kappa shape index (κ3) is 3.56. The fourth-order valence-corrected chi connectivity index (χ4v) is 2.20. The lowest BCUT2D eigenvalue weighted by Crippen LogP contribution is -2.34. The van der Waals surface area contributed by atoms with Gasteiger partial charge in [0.15, 0.2) is 0 Å². The van der Waals surface area contributed by atoms with Gasteiger partial charge in [0.2, 0.25) is 5.91 Å². The van der Waals surface area contributed by atoms with Crippen LogP contribution in [0.5, 0.6) is 0 Å². The maximum absolute atomic E-state index is 12.2. The number of fused-ring (bicyclic) bond motifs is 1. The number of pyridine rings is 1. The van der Waals surface area contributed by atoms with E-state index in [-0.39, 0.29) is 18.9 Å². The van der Waals surface area contributed by atoms with Crippen LogP contribution in [-0.4, -0.2) is 40.5 Å². The molecule has 0 radical (unpaired) electrons. The van der Waals surface area contributed by atoms with E-state index in [0.29, 0.717) is 0 Å². The average molecular weight is 286 g/mol. The first-order valence-electron chi connectivity index (χ1n) is 6.78. The van der Waals surface area contributed by atoms with Crippen LogP contribution in [0, 0.1) is 5.92 Å². The van der Waals surface area contributed by atoms with Crippen LogP contribution in [0.2, 0.25) is 0 Å². The fraction of sp³-hybridized carbons (Fsp3) is 0.312. The summed E-state index contributed by atoms with van der Waals surface area (Å²) in [6.07, 6.45) is 1.92. The minimum Gasteiger partial charge on any atom is -0.481 e. The van der Waals surface area contributed by atoms with Gasteiger partial charge in [0, 0.05) is 25.2 Å². The molecule has 5 nitrogen and oxygen atoms in total. The number of aromatic nitrogens is 1. The zero-order valence-corrected chi connectivity index (χ0v) is 12.1. The van der Waals surface area contributed by atoms with Crippen LogP contribution in [-0.2, 0) is 16.0 Å². The van der Waals surface area contributed by atoms with Crippen LogP contribution in [0.4, 0.5) is 0 Å². The van der Waals surface area contributed by atoms with E-state index in [2.05, 4.69) is 4.98 Å². The summed E-state index contributed by atoms with van der Waals surface area (Å²) < 4.78 is 0. The van der Waals surface area contributed by atoms with Crippen molar-refractivity contribution >= 4 is 22.8 Å². The molecule has 0 fully saturated rings. The molecule has 1 aromatic heterocycles. The lowest BCUT2D eigenvalue weighted by Gasteiger charge is -2.19. The number of benzene rings is 1. The molecular weight excluding hydrogens is 268 g/mol. The maximum atomic E-state index is 12.2. The Hall–Kier alpha value is -2.43. The smallest absolute Gasteiger partial charge is 0.308 e. The maximum Gasteiger partial charge on any atom is 0.308 e. The molecule has 0 aliphatic rings. The molecule has 0 bridgehead atoms. The van der Waals surface area contributed by atoms with Gasteiger partial charge in [-0.1, -0.05) is 31.2 Å². The summed E-state index contributed by atoms with van der Waals surface area (Å²) in [6.45, 7) is 1.79. The van der Waals surface area contributed by atoms with Crippen LogP contribution in [0.15, 0.2) is 36.5 Å². The highest BCUT2D eigenvalue weighted by Crippen LogP contribution is 2.17. The van der Waals surface area contributed by atoms with Crippen LogP contribution in [0.3, 0.4) is 0 Å². The van der Waals surface area contributed by atoms with Crippen molar-refractivity contribution in [3.8, 4) is 0 Å². The van der Waals surface area contributed by atoms with Crippen molar-refractivity contribution < 1.29 is 14.7 Å².